The zero-order valence-corrected chi connectivity index (χ0v) is 14.7. The molecule has 130 valence electrons. The van der Waals surface area contributed by atoms with Crippen LogP contribution < -0.4 is 5.48 Å². The average Bonchev–Trinajstić information content (AvgIpc) is 2.96. The monoisotopic (exact) mass is 338 g/mol. The topological polar surface area (TPSA) is 68.5 Å². The van der Waals surface area contributed by atoms with Gasteiger partial charge in [0.15, 0.2) is 5.65 Å². The maximum absolute atomic E-state index is 12.0. The fraction of sp³-hybridized carbons (Fsp3) is 0.316. The molecule has 1 aromatic carbocycles. The van der Waals surface area contributed by atoms with Crippen molar-refractivity contribution in [2.45, 2.75) is 40.2 Å². The lowest BCUT2D eigenvalue weighted by Crippen LogP contribution is -2.24. The van der Waals surface area contributed by atoms with Crippen molar-refractivity contribution in [1.29, 1.82) is 0 Å². The predicted octanol–water partition coefficient (Wildman–Crippen LogP) is 2.84. The van der Waals surface area contributed by atoms with Crippen LogP contribution in [0.3, 0.4) is 0 Å². The van der Waals surface area contributed by atoms with Crippen molar-refractivity contribution in [1.82, 2.24) is 20.1 Å². The van der Waals surface area contributed by atoms with Gasteiger partial charge < -0.3 is 0 Å². The van der Waals surface area contributed by atoms with Gasteiger partial charge in [-0.05, 0) is 38.3 Å². The molecule has 0 aliphatic rings. The second-order valence-electron chi connectivity index (χ2n) is 6.12. The average molecular weight is 338 g/mol. The Morgan fingerprint density at radius 1 is 1.20 bits per heavy atom. The number of fused-ring (bicyclic) bond motifs is 1. The zero-order valence-electron chi connectivity index (χ0n) is 14.7. The molecule has 2 heterocycles. The van der Waals surface area contributed by atoms with Crippen molar-refractivity contribution in [2.24, 2.45) is 0 Å². The lowest BCUT2D eigenvalue weighted by atomic mass is 10.1. The maximum atomic E-state index is 12.0. The molecule has 6 heteroatoms. The molecule has 0 unspecified atom stereocenters. The van der Waals surface area contributed by atoms with Crippen LogP contribution in [-0.2, 0) is 22.7 Å². The molecule has 6 nitrogen and oxygen atoms in total. The van der Waals surface area contributed by atoms with Gasteiger partial charge in [-0.2, -0.15) is 5.10 Å². The summed E-state index contributed by atoms with van der Waals surface area (Å²) in [5.74, 6) is -0.147. The smallest absolute Gasteiger partial charge is 0.243 e. The van der Waals surface area contributed by atoms with E-state index in [1.54, 1.807) is 0 Å². The van der Waals surface area contributed by atoms with Crippen LogP contribution in [0.25, 0.3) is 5.65 Å². The summed E-state index contributed by atoms with van der Waals surface area (Å²) < 4.78 is 1.83. The van der Waals surface area contributed by atoms with Crippen LogP contribution in [0, 0.1) is 20.8 Å². The highest BCUT2D eigenvalue weighted by atomic mass is 16.6. The third-order valence-corrected chi connectivity index (χ3v) is 4.16. The second kappa shape index (κ2) is 7.44. The summed E-state index contributed by atoms with van der Waals surface area (Å²) in [5.41, 5.74) is 8.29. The van der Waals surface area contributed by atoms with Crippen molar-refractivity contribution in [3.8, 4) is 0 Å². The summed E-state index contributed by atoms with van der Waals surface area (Å²) in [6, 6.07) is 11.7. The van der Waals surface area contributed by atoms with E-state index < -0.39 is 0 Å². The number of hydrogen-bond acceptors (Lipinski definition) is 4. The fourth-order valence-electron chi connectivity index (χ4n) is 2.87. The minimum atomic E-state index is -0.147. The first kappa shape index (κ1) is 17.1. The minimum absolute atomic E-state index is 0.147. The van der Waals surface area contributed by atoms with Crippen LogP contribution in [0.4, 0.5) is 0 Å². The number of hydroxylamine groups is 1. The van der Waals surface area contributed by atoms with Gasteiger partial charge in [-0.25, -0.2) is 15.0 Å². The Hall–Kier alpha value is -2.73. The number of benzene rings is 1. The van der Waals surface area contributed by atoms with Crippen molar-refractivity contribution < 1.29 is 9.63 Å². The quantitative estimate of drug-likeness (QED) is 0.702. The molecule has 0 bridgehead atoms. The second-order valence-corrected chi connectivity index (χ2v) is 6.12. The molecular weight excluding hydrogens is 316 g/mol. The molecule has 0 fully saturated rings. The van der Waals surface area contributed by atoms with Crippen LogP contribution in [0.5, 0.6) is 0 Å². The molecule has 0 saturated heterocycles. The van der Waals surface area contributed by atoms with Gasteiger partial charge in [-0.3, -0.25) is 9.63 Å². The number of aromatic nitrogens is 3. The Morgan fingerprint density at radius 3 is 2.72 bits per heavy atom. The van der Waals surface area contributed by atoms with E-state index in [2.05, 4.69) is 15.6 Å². The molecule has 0 radical (unpaired) electrons. The molecule has 0 atom stereocenters. The van der Waals surface area contributed by atoms with Crippen molar-refractivity contribution in [2.75, 3.05) is 0 Å². The fourth-order valence-corrected chi connectivity index (χ4v) is 2.87. The van der Waals surface area contributed by atoms with Crippen molar-refractivity contribution in [3.63, 3.8) is 0 Å². The number of nitrogens with zero attached hydrogens (tertiary/aromatic N) is 3. The number of hydrogen-bond donors (Lipinski definition) is 1. The SMILES string of the molecule is Cc1cc2nc(C)c(CCC(=O)NOCc3ccccc3)c(C)n2n1. The van der Waals surface area contributed by atoms with Gasteiger partial charge in [0.25, 0.3) is 0 Å². The third kappa shape index (κ3) is 4.03. The van der Waals surface area contributed by atoms with E-state index in [4.69, 9.17) is 4.84 Å². The van der Waals surface area contributed by atoms with E-state index >= 15 is 0 Å². The van der Waals surface area contributed by atoms with Gasteiger partial charge in [-0.15, -0.1) is 0 Å². The van der Waals surface area contributed by atoms with Gasteiger partial charge in [-0.1, -0.05) is 30.3 Å². The minimum Gasteiger partial charge on any atom is -0.273 e. The molecule has 25 heavy (non-hydrogen) atoms. The highest BCUT2D eigenvalue weighted by Gasteiger charge is 2.12. The van der Waals surface area contributed by atoms with Gasteiger partial charge in [0, 0.05) is 23.9 Å². The molecule has 0 spiro atoms. The first-order chi connectivity index (χ1) is 12.0. The summed E-state index contributed by atoms with van der Waals surface area (Å²) in [5, 5.41) is 4.45. The lowest BCUT2D eigenvalue weighted by Gasteiger charge is -2.11. The Morgan fingerprint density at radius 2 is 1.96 bits per heavy atom. The Kier molecular flexibility index (Phi) is 5.09. The number of carbonyl (C=O) groups excluding carboxylic acids is 1. The summed E-state index contributed by atoms with van der Waals surface area (Å²) in [6.45, 7) is 6.27. The molecular formula is C19H22N4O2. The summed E-state index contributed by atoms with van der Waals surface area (Å²) in [6.07, 6.45) is 0.934. The predicted molar refractivity (Wildman–Crippen MR) is 94.9 cm³/mol. The highest BCUT2D eigenvalue weighted by Crippen LogP contribution is 2.17. The van der Waals surface area contributed by atoms with Crippen LogP contribution >= 0.6 is 0 Å². The molecule has 1 amide bonds. The van der Waals surface area contributed by atoms with E-state index in [9.17, 15) is 4.79 Å². The Labute approximate surface area is 146 Å². The summed E-state index contributed by atoms with van der Waals surface area (Å²) in [4.78, 5) is 21.9. The molecule has 3 rings (SSSR count). The number of carbonyl (C=O) groups is 1. The molecule has 1 N–H and O–H groups in total. The maximum Gasteiger partial charge on any atom is 0.243 e. The molecule has 3 aromatic rings. The van der Waals surface area contributed by atoms with Crippen LogP contribution in [-0.4, -0.2) is 20.5 Å². The number of aryl methyl sites for hydroxylation is 3. The zero-order chi connectivity index (χ0) is 17.8. The normalized spacial score (nSPS) is 11.0. The van der Waals surface area contributed by atoms with Crippen LogP contribution in [0.2, 0.25) is 0 Å². The molecule has 0 aliphatic heterocycles. The van der Waals surface area contributed by atoms with Gasteiger partial charge in [0.1, 0.15) is 0 Å². The molecule has 0 aliphatic carbocycles. The molecule has 2 aromatic heterocycles. The van der Waals surface area contributed by atoms with Gasteiger partial charge in [0.2, 0.25) is 5.91 Å². The lowest BCUT2D eigenvalue weighted by molar-refractivity contribution is -0.134. The third-order valence-electron chi connectivity index (χ3n) is 4.16. The molecule has 0 saturated carbocycles. The largest absolute Gasteiger partial charge is 0.273 e. The van der Waals surface area contributed by atoms with E-state index in [0.29, 0.717) is 19.4 Å². The van der Waals surface area contributed by atoms with Gasteiger partial charge >= 0.3 is 0 Å². The van der Waals surface area contributed by atoms with Crippen molar-refractivity contribution >= 4 is 11.6 Å². The van der Waals surface area contributed by atoms with Crippen LogP contribution in [0.15, 0.2) is 36.4 Å². The first-order valence-electron chi connectivity index (χ1n) is 8.31. The standard InChI is InChI=1S/C19H22N4O2/c1-13-11-18-20-14(2)17(15(3)23(18)21-13)9-10-19(24)22-25-12-16-7-5-4-6-8-16/h4-8,11H,9-10,12H2,1-3H3,(H,22,24). The Bertz CT molecular complexity index is 887. The number of amides is 1. The van der Waals surface area contributed by atoms with E-state index in [0.717, 1.165) is 33.9 Å². The number of nitrogens with one attached hydrogen (secondary N) is 1. The summed E-state index contributed by atoms with van der Waals surface area (Å²) in [7, 11) is 0. The van der Waals surface area contributed by atoms with E-state index in [1.807, 2.05) is 61.7 Å². The van der Waals surface area contributed by atoms with Gasteiger partial charge in [0.05, 0.1) is 12.3 Å². The first-order valence-corrected chi connectivity index (χ1v) is 8.31. The van der Waals surface area contributed by atoms with Crippen LogP contribution in [0.1, 0.15) is 34.6 Å². The highest BCUT2D eigenvalue weighted by molar-refractivity contribution is 5.75. The van der Waals surface area contributed by atoms with E-state index in [1.165, 1.54) is 0 Å². The summed E-state index contributed by atoms with van der Waals surface area (Å²) >= 11 is 0. The van der Waals surface area contributed by atoms with Crippen molar-refractivity contribution in [3.05, 3.63) is 64.6 Å². The Balaban J connectivity index is 1.57. The number of rotatable bonds is 6. The van der Waals surface area contributed by atoms with E-state index in [-0.39, 0.29) is 5.91 Å².